The molecule has 11 heteroatoms. The van der Waals surface area contributed by atoms with Crippen LogP contribution in [0.1, 0.15) is 44.6 Å². The van der Waals surface area contributed by atoms with Gasteiger partial charge in [-0.05, 0) is 67.8 Å². The summed E-state index contributed by atoms with van der Waals surface area (Å²) in [5.41, 5.74) is 0.790. The zero-order valence-electron chi connectivity index (χ0n) is 22.6. The van der Waals surface area contributed by atoms with Crippen LogP contribution in [0.25, 0.3) is 0 Å². The van der Waals surface area contributed by atoms with E-state index < -0.39 is 34.3 Å². The summed E-state index contributed by atoms with van der Waals surface area (Å²) in [5.74, 6) is -1.62. The average molecular weight is 665 g/mol. The number of carbonyl (C=O) groups excluding carboxylic acids is 2. The van der Waals surface area contributed by atoms with Crippen LogP contribution in [0.15, 0.2) is 82.2 Å². The van der Waals surface area contributed by atoms with Crippen LogP contribution < -0.4 is 9.62 Å². The molecule has 1 aliphatic rings. The lowest BCUT2D eigenvalue weighted by atomic mass is 9.95. The van der Waals surface area contributed by atoms with Crippen molar-refractivity contribution in [2.45, 2.75) is 62.6 Å². The second kappa shape index (κ2) is 13.8. The summed E-state index contributed by atoms with van der Waals surface area (Å²) in [5, 5.41) is 2.79. The van der Waals surface area contributed by atoms with Crippen molar-refractivity contribution in [2.75, 3.05) is 10.8 Å². The molecular weight excluding hydrogens is 633 g/mol. The van der Waals surface area contributed by atoms with Gasteiger partial charge in [0.1, 0.15) is 18.4 Å². The molecule has 0 spiro atoms. The first-order valence-electron chi connectivity index (χ1n) is 13.4. The number of carbonyl (C=O) groups is 2. The SMILES string of the molecule is CC(C(=O)NC1CCCCC1)N(Cc1ccc(Br)cc1)C(=O)CN(c1ccc(F)c(Cl)c1)S(=O)(=O)c1ccccc1. The van der Waals surface area contributed by atoms with E-state index in [1.807, 2.05) is 24.3 Å². The highest BCUT2D eigenvalue weighted by Crippen LogP contribution is 2.28. The van der Waals surface area contributed by atoms with Gasteiger partial charge in [0.05, 0.1) is 15.6 Å². The summed E-state index contributed by atoms with van der Waals surface area (Å²) in [7, 11) is -4.26. The van der Waals surface area contributed by atoms with Gasteiger partial charge in [-0.2, -0.15) is 0 Å². The minimum Gasteiger partial charge on any atom is -0.352 e. The maximum atomic E-state index is 14.0. The molecule has 1 saturated carbocycles. The number of rotatable bonds is 10. The smallest absolute Gasteiger partial charge is 0.264 e. The summed E-state index contributed by atoms with van der Waals surface area (Å²) in [6.45, 7) is 1.09. The first kappa shape index (κ1) is 31.0. The minimum absolute atomic E-state index is 0.0245. The van der Waals surface area contributed by atoms with Gasteiger partial charge in [-0.1, -0.05) is 77.1 Å². The number of nitrogens with one attached hydrogen (secondary N) is 1. The van der Waals surface area contributed by atoms with Crippen LogP contribution >= 0.6 is 27.5 Å². The van der Waals surface area contributed by atoms with Gasteiger partial charge in [-0.3, -0.25) is 13.9 Å². The number of amides is 2. The Kier molecular flexibility index (Phi) is 10.4. The topological polar surface area (TPSA) is 86.8 Å². The third-order valence-electron chi connectivity index (χ3n) is 7.19. The van der Waals surface area contributed by atoms with Crippen LogP contribution in [-0.4, -0.2) is 43.8 Å². The Morgan fingerprint density at radius 2 is 1.68 bits per heavy atom. The van der Waals surface area contributed by atoms with E-state index in [1.165, 1.54) is 29.2 Å². The highest BCUT2D eigenvalue weighted by atomic mass is 79.9. The molecule has 2 amide bonds. The van der Waals surface area contributed by atoms with Crippen molar-refractivity contribution in [1.82, 2.24) is 10.2 Å². The summed E-state index contributed by atoms with van der Waals surface area (Å²) in [6, 6.07) is 17.6. The number of halogens is 3. The van der Waals surface area contributed by atoms with E-state index >= 15 is 0 Å². The lowest BCUT2D eigenvalue weighted by molar-refractivity contribution is -0.139. The quantitative estimate of drug-likeness (QED) is 0.276. The molecule has 41 heavy (non-hydrogen) atoms. The summed E-state index contributed by atoms with van der Waals surface area (Å²) >= 11 is 9.42. The zero-order valence-corrected chi connectivity index (χ0v) is 25.8. The van der Waals surface area contributed by atoms with E-state index in [4.69, 9.17) is 11.6 Å². The van der Waals surface area contributed by atoms with Crippen molar-refractivity contribution in [3.05, 3.63) is 93.7 Å². The average Bonchev–Trinajstić information content (AvgIpc) is 2.97. The van der Waals surface area contributed by atoms with E-state index in [0.29, 0.717) is 0 Å². The molecular formula is C30H32BrClFN3O4S. The molecule has 0 heterocycles. The van der Waals surface area contributed by atoms with Gasteiger partial charge in [0.25, 0.3) is 10.0 Å². The van der Waals surface area contributed by atoms with Gasteiger partial charge in [0.2, 0.25) is 11.8 Å². The predicted molar refractivity (Wildman–Crippen MR) is 162 cm³/mol. The third-order valence-corrected chi connectivity index (χ3v) is 9.79. The van der Waals surface area contributed by atoms with Gasteiger partial charge >= 0.3 is 0 Å². The van der Waals surface area contributed by atoms with Crippen LogP contribution in [0.2, 0.25) is 5.02 Å². The second-order valence-electron chi connectivity index (χ2n) is 10.1. The molecule has 0 aliphatic heterocycles. The molecule has 3 aromatic carbocycles. The fraction of sp³-hybridized carbons (Fsp3) is 0.333. The molecule has 3 aromatic rings. The Bertz CT molecular complexity index is 1470. The number of nitrogens with zero attached hydrogens (tertiary/aromatic N) is 2. The number of hydrogen-bond acceptors (Lipinski definition) is 4. The van der Waals surface area contributed by atoms with E-state index in [9.17, 15) is 22.4 Å². The molecule has 0 aromatic heterocycles. The van der Waals surface area contributed by atoms with Gasteiger partial charge in [-0.15, -0.1) is 0 Å². The van der Waals surface area contributed by atoms with Crippen molar-refractivity contribution < 1.29 is 22.4 Å². The highest BCUT2D eigenvalue weighted by Gasteiger charge is 2.33. The van der Waals surface area contributed by atoms with Crippen LogP contribution in [0.5, 0.6) is 0 Å². The van der Waals surface area contributed by atoms with Crippen molar-refractivity contribution in [3.63, 3.8) is 0 Å². The van der Waals surface area contributed by atoms with E-state index in [2.05, 4.69) is 21.2 Å². The molecule has 1 aliphatic carbocycles. The number of anilines is 1. The first-order valence-corrected chi connectivity index (χ1v) is 16.0. The Balaban J connectivity index is 1.68. The standard InChI is InChI=1S/C30H32BrClFN3O4S/c1-21(30(38)34-24-8-4-2-5-9-24)35(19-22-12-14-23(31)15-13-22)29(37)20-36(25-16-17-28(33)27(32)18-25)41(39,40)26-10-6-3-7-11-26/h3,6-7,10-18,21,24H,2,4-5,8-9,19-20H2,1H3,(H,34,38). The monoisotopic (exact) mass is 663 g/mol. The van der Waals surface area contributed by atoms with Crippen LogP contribution in [0.4, 0.5) is 10.1 Å². The molecule has 4 rings (SSSR count). The molecule has 7 nitrogen and oxygen atoms in total. The Hall–Kier alpha value is -2.95. The van der Waals surface area contributed by atoms with Crippen LogP contribution in [0, 0.1) is 5.82 Å². The number of benzene rings is 3. The largest absolute Gasteiger partial charge is 0.352 e. The molecule has 1 N–H and O–H groups in total. The lowest BCUT2D eigenvalue weighted by Crippen LogP contribution is -2.53. The zero-order chi connectivity index (χ0) is 29.6. The molecule has 1 unspecified atom stereocenters. The van der Waals surface area contributed by atoms with E-state index in [0.717, 1.165) is 52.5 Å². The third kappa shape index (κ3) is 7.87. The summed E-state index contributed by atoms with van der Waals surface area (Å²) in [6.07, 6.45) is 4.97. The van der Waals surface area contributed by atoms with Crippen molar-refractivity contribution >= 4 is 55.1 Å². The molecule has 0 radical (unpaired) electrons. The van der Waals surface area contributed by atoms with E-state index in [1.54, 1.807) is 25.1 Å². The molecule has 0 bridgehead atoms. The highest BCUT2D eigenvalue weighted by molar-refractivity contribution is 9.10. The maximum Gasteiger partial charge on any atom is 0.264 e. The van der Waals surface area contributed by atoms with Gasteiger partial charge < -0.3 is 10.2 Å². The Morgan fingerprint density at radius 1 is 1.02 bits per heavy atom. The maximum absolute atomic E-state index is 14.0. The Labute approximate surface area is 253 Å². The fourth-order valence-electron chi connectivity index (χ4n) is 4.83. The molecule has 218 valence electrons. The van der Waals surface area contributed by atoms with E-state index in [-0.39, 0.29) is 34.1 Å². The minimum atomic E-state index is -4.26. The second-order valence-corrected chi connectivity index (χ2v) is 13.3. The number of sulfonamides is 1. The summed E-state index contributed by atoms with van der Waals surface area (Å²) < 4.78 is 43.3. The predicted octanol–water partition coefficient (Wildman–Crippen LogP) is 6.30. The Morgan fingerprint density at radius 3 is 2.32 bits per heavy atom. The summed E-state index contributed by atoms with van der Waals surface area (Å²) in [4.78, 5) is 28.7. The van der Waals surface area contributed by atoms with Crippen LogP contribution in [0.3, 0.4) is 0 Å². The normalized spacial score (nSPS) is 14.7. The van der Waals surface area contributed by atoms with Gasteiger partial charge in [-0.25, -0.2) is 12.8 Å². The lowest BCUT2D eigenvalue weighted by Gasteiger charge is -2.33. The fourth-order valence-corrected chi connectivity index (χ4v) is 6.69. The van der Waals surface area contributed by atoms with Gasteiger partial charge in [0.15, 0.2) is 0 Å². The molecule has 1 fully saturated rings. The number of hydrogen-bond donors (Lipinski definition) is 1. The van der Waals surface area contributed by atoms with Crippen LogP contribution in [-0.2, 0) is 26.2 Å². The molecule has 1 atom stereocenters. The van der Waals surface area contributed by atoms with Crippen molar-refractivity contribution in [2.24, 2.45) is 0 Å². The van der Waals surface area contributed by atoms with Crippen molar-refractivity contribution in [1.29, 1.82) is 0 Å². The first-order chi connectivity index (χ1) is 19.6. The molecule has 0 saturated heterocycles. The van der Waals surface area contributed by atoms with Crippen molar-refractivity contribution in [3.8, 4) is 0 Å². The van der Waals surface area contributed by atoms with Gasteiger partial charge in [0, 0.05) is 17.1 Å².